The van der Waals surface area contributed by atoms with E-state index in [9.17, 15) is 8.42 Å². The number of rotatable bonds is 6. The van der Waals surface area contributed by atoms with E-state index in [1.54, 1.807) is 42.6 Å². The highest BCUT2D eigenvalue weighted by Crippen LogP contribution is 2.33. The third-order valence-corrected chi connectivity index (χ3v) is 5.97. The molecule has 0 aliphatic carbocycles. The van der Waals surface area contributed by atoms with Crippen molar-refractivity contribution in [2.75, 3.05) is 27.2 Å². The van der Waals surface area contributed by atoms with E-state index >= 15 is 0 Å². The molecule has 0 aliphatic heterocycles. The summed E-state index contributed by atoms with van der Waals surface area (Å²) in [6.45, 7) is 1.22. The van der Waals surface area contributed by atoms with Crippen LogP contribution in [-0.2, 0) is 10.0 Å². The fourth-order valence-electron chi connectivity index (χ4n) is 2.50. The lowest BCUT2D eigenvalue weighted by Crippen LogP contribution is -2.19. The summed E-state index contributed by atoms with van der Waals surface area (Å²) < 4.78 is 34.0. The molecule has 0 bridgehead atoms. The Morgan fingerprint density at radius 2 is 1.84 bits per heavy atom. The Morgan fingerprint density at radius 1 is 1.12 bits per heavy atom. The van der Waals surface area contributed by atoms with Gasteiger partial charge in [0.2, 0.25) is 0 Å². The van der Waals surface area contributed by atoms with Crippen LogP contribution in [0.25, 0.3) is 10.9 Å². The summed E-state index contributed by atoms with van der Waals surface area (Å²) in [4.78, 5) is 2.25. The van der Waals surface area contributed by atoms with Crippen LogP contribution in [0.5, 0.6) is 5.75 Å². The summed E-state index contributed by atoms with van der Waals surface area (Å²) in [7, 11) is 0.235. The maximum atomic E-state index is 13.0. The Kier molecular flexibility index (Phi) is 5.17. The normalized spacial score (nSPS) is 12.0. The second-order valence-corrected chi connectivity index (χ2v) is 8.65. The molecule has 7 heteroatoms. The van der Waals surface area contributed by atoms with Gasteiger partial charge in [0.1, 0.15) is 12.4 Å². The van der Waals surface area contributed by atoms with Crippen molar-refractivity contribution in [3.63, 3.8) is 0 Å². The summed E-state index contributed by atoms with van der Waals surface area (Å²) in [5.74, 6) is 0.553. The van der Waals surface area contributed by atoms with Crippen LogP contribution in [-0.4, -0.2) is 44.5 Å². The molecule has 2 aromatic carbocycles. The number of aromatic nitrogens is 1. The number of hydrogen-bond acceptors (Lipinski definition) is 4. The van der Waals surface area contributed by atoms with Crippen LogP contribution in [0.3, 0.4) is 0 Å². The molecule has 0 fully saturated rings. The van der Waals surface area contributed by atoms with Crippen LogP contribution in [0.4, 0.5) is 0 Å². The molecule has 0 saturated heterocycles. The molecule has 0 aliphatic rings. The highest BCUT2D eigenvalue weighted by Gasteiger charge is 2.21. The summed E-state index contributed by atoms with van der Waals surface area (Å²) in [6.07, 6.45) is 1.55. The van der Waals surface area contributed by atoms with Crippen molar-refractivity contribution < 1.29 is 13.2 Å². The minimum absolute atomic E-state index is 0.245. The Bertz CT molecular complexity index is 982. The largest absolute Gasteiger partial charge is 0.490 e. The Labute approximate surface area is 156 Å². The molecule has 0 radical (unpaired) electrons. The third kappa shape index (κ3) is 3.73. The molecule has 0 spiro atoms. The molecule has 0 atom stereocenters. The van der Waals surface area contributed by atoms with Gasteiger partial charge in [0.15, 0.2) is 0 Å². The SMILES string of the molecule is CN(C)CCOc1cn(S(=O)(=O)c2ccccc2)c2ccc(Br)cc12. The Hall–Kier alpha value is -1.83. The summed E-state index contributed by atoms with van der Waals surface area (Å²) in [5, 5.41) is 0.757. The van der Waals surface area contributed by atoms with Crippen molar-refractivity contribution in [1.29, 1.82) is 0 Å². The fourth-order valence-corrected chi connectivity index (χ4v) is 4.24. The second kappa shape index (κ2) is 7.19. The van der Waals surface area contributed by atoms with Gasteiger partial charge in [0.25, 0.3) is 10.0 Å². The summed E-state index contributed by atoms with van der Waals surface area (Å²) in [5.41, 5.74) is 0.590. The number of hydrogen-bond donors (Lipinski definition) is 0. The van der Waals surface area contributed by atoms with Gasteiger partial charge < -0.3 is 9.64 Å². The van der Waals surface area contributed by atoms with E-state index in [0.29, 0.717) is 17.9 Å². The van der Waals surface area contributed by atoms with Crippen molar-refractivity contribution >= 4 is 36.9 Å². The third-order valence-electron chi connectivity index (χ3n) is 3.79. The van der Waals surface area contributed by atoms with Crippen LogP contribution >= 0.6 is 15.9 Å². The number of ether oxygens (including phenoxy) is 1. The van der Waals surface area contributed by atoms with Crippen LogP contribution < -0.4 is 4.74 Å². The van der Waals surface area contributed by atoms with Gasteiger partial charge in [-0.3, -0.25) is 0 Å². The van der Waals surface area contributed by atoms with Gasteiger partial charge in [0, 0.05) is 16.4 Å². The van der Waals surface area contributed by atoms with Gasteiger partial charge in [0.05, 0.1) is 16.6 Å². The molecule has 5 nitrogen and oxygen atoms in total. The summed E-state index contributed by atoms with van der Waals surface area (Å²) >= 11 is 3.44. The van der Waals surface area contributed by atoms with Crippen LogP contribution in [0.1, 0.15) is 0 Å². The quantitative estimate of drug-likeness (QED) is 0.608. The lowest BCUT2D eigenvalue weighted by Gasteiger charge is -2.10. The Balaban J connectivity index is 2.10. The molecule has 0 amide bonds. The number of likely N-dealkylation sites (N-methyl/N-ethyl adjacent to an activating group) is 1. The van der Waals surface area contributed by atoms with Gasteiger partial charge in [-0.25, -0.2) is 12.4 Å². The van der Waals surface area contributed by atoms with E-state index in [1.807, 2.05) is 31.1 Å². The topological polar surface area (TPSA) is 51.5 Å². The molecule has 25 heavy (non-hydrogen) atoms. The number of benzene rings is 2. The van der Waals surface area contributed by atoms with Gasteiger partial charge in [-0.15, -0.1) is 0 Å². The van der Waals surface area contributed by atoms with E-state index in [0.717, 1.165) is 16.4 Å². The molecule has 132 valence electrons. The first-order valence-corrected chi connectivity index (χ1v) is 10.0. The van der Waals surface area contributed by atoms with E-state index in [4.69, 9.17) is 4.74 Å². The monoisotopic (exact) mass is 422 g/mol. The zero-order chi connectivity index (χ0) is 18.0. The van der Waals surface area contributed by atoms with Crippen molar-refractivity contribution in [3.8, 4) is 5.75 Å². The molecule has 0 unspecified atom stereocenters. The van der Waals surface area contributed by atoms with E-state index < -0.39 is 10.0 Å². The zero-order valence-electron chi connectivity index (χ0n) is 14.0. The molecule has 0 saturated carbocycles. The van der Waals surface area contributed by atoms with Crippen molar-refractivity contribution in [2.45, 2.75) is 4.90 Å². The van der Waals surface area contributed by atoms with Crippen LogP contribution in [0.2, 0.25) is 0 Å². The van der Waals surface area contributed by atoms with Crippen molar-refractivity contribution in [2.24, 2.45) is 0 Å². The average molecular weight is 423 g/mol. The van der Waals surface area contributed by atoms with Crippen molar-refractivity contribution in [3.05, 3.63) is 59.2 Å². The molecule has 1 heterocycles. The molecular formula is C18H19BrN2O3S. The van der Waals surface area contributed by atoms with Gasteiger partial charge in [-0.1, -0.05) is 34.1 Å². The Morgan fingerprint density at radius 3 is 2.52 bits per heavy atom. The molecule has 3 rings (SSSR count). The maximum absolute atomic E-state index is 13.0. The predicted molar refractivity (Wildman–Crippen MR) is 103 cm³/mol. The lowest BCUT2D eigenvalue weighted by atomic mass is 10.2. The fraction of sp³-hybridized carbons (Fsp3) is 0.222. The van der Waals surface area contributed by atoms with E-state index in [-0.39, 0.29) is 4.90 Å². The first kappa shape index (κ1) is 18.0. The van der Waals surface area contributed by atoms with Gasteiger partial charge in [-0.2, -0.15) is 0 Å². The van der Waals surface area contributed by atoms with E-state index in [1.165, 1.54) is 3.97 Å². The minimum atomic E-state index is -3.69. The van der Waals surface area contributed by atoms with Crippen molar-refractivity contribution in [1.82, 2.24) is 8.87 Å². The second-order valence-electron chi connectivity index (χ2n) is 5.92. The van der Waals surface area contributed by atoms with Crippen LogP contribution in [0, 0.1) is 0 Å². The number of fused-ring (bicyclic) bond motifs is 1. The van der Waals surface area contributed by atoms with E-state index in [2.05, 4.69) is 15.9 Å². The average Bonchev–Trinajstić information content (AvgIpc) is 2.94. The molecule has 1 aromatic heterocycles. The van der Waals surface area contributed by atoms with Gasteiger partial charge in [-0.05, 0) is 44.4 Å². The molecule has 3 aromatic rings. The number of halogens is 1. The molecule has 0 N–H and O–H groups in total. The maximum Gasteiger partial charge on any atom is 0.268 e. The number of nitrogens with zero attached hydrogens (tertiary/aromatic N) is 2. The standard InChI is InChI=1S/C18H19BrN2O3S/c1-20(2)10-11-24-18-13-21(17-9-8-14(19)12-16(17)18)25(22,23)15-6-4-3-5-7-15/h3-9,12-13H,10-11H2,1-2H3. The predicted octanol–water partition coefficient (Wildman–Crippen LogP) is 3.58. The molecular weight excluding hydrogens is 404 g/mol. The highest BCUT2D eigenvalue weighted by atomic mass is 79.9. The zero-order valence-corrected chi connectivity index (χ0v) is 16.4. The van der Waals surface area contributed by atoms with Gasteiger partial charge >= 0.3 is 0 Å². The smallest absolute Gasteiger partial charge is 0.268 e. The highest BCUT2D eigenvalue weighted by molar-refractivity contribution is 9.10. The first-order chi connectivity index (χ1) is 11.9. The minimum Gasteiger partial charge on any atom is -0.490 e. The lowest BCUT2D eigenvalue weighted by molar-refractivity contribution is 0.263. The van der Waals surface area contributed by atoms with Crippen LogP contribution in [0.15, 0.2) is 64.1 Å². The summed E-state index contributed by atoms with van der Waals surface area (Å²) in [6, 6.07) is 13.9. The first-order valence-electron chi connectivity index (χ1n) is 7.78.